The first-order valence-corrected chi connectivity index (χ1v) is 6.22. The number of rotatable bonds is 6. The van der Waals surface area contributed by atoms with Crippen molar-refractivity contribution < 1.29 is 14.3 Å². The molecular formula is C14H16N2O3. The highest BCUT2D eigenvalue weighted by Gasteiger charge is 2.08. The highest BCUT2D eigenvalue weighted by atomic mass is 16.4. The largest absolute Gasteiger partial charge is 0.481 e. The minimum atomic E-state index is -0.806. The van der Waals surface area contributed by atoms with Crippen LogP contribution in [0.2, 0.25) is 0 Å². The van der Waals surface area contributed by atoms with Gasteiger partial charge in [0, 0.05) is 12.8 Å². The molecule has 0 saturated carbocycles. The summed E-state index contributed by atoms with van der Waals surface area (Å²) in [5.74, 6) is 0.268. The number of nitrogens with zero attached hydrogens (tertiary/aromatic N) is 2. The zero-order chi connectivity index (χ0) is 13.7. The fourth-order valence-corrected chi connectivity index (χ4v) is 1.82. The molecule has 1 N–H and O–H groups in total. The normalized spacial score (nSPS) is 10.6. The average molecular weight is 260 g/mol. The molecule has 5 nitrogen and oxygen atoms in total. The maximum absolute atomic E-state index is 10.4. The summed E-state index contributed by atoms with van der Waals surface area (Å²) < 4.78 is 5.51. The van der Waals surface area contributed by atoms with Crippen molar-refractivity contribution in [3.63, 3.8) is 0 Å². The first-order chi connectivity index (χ1) is 9.15. The van der Waals surface area contributed by atoms with E-state index in [0.717, 1.165) is 5.56 Å². The molecule has 0 aliphatic heterocycles. The van der Waals surface area contributed by atoms with Crippen molar-refractivity contribution in [1.82, 2.24) is 10.2 Å². The zero-order valence-electron chi connectivity index (χ0n) is 10.8. The monoisotopic (exact) mass is 260 g/mol. The number of carboxylic acids is 1. The standard InChI is InChI=1S/C14H16N2O3/c1-10-5-2-3-6-11(10)9-13-16-15-12(19-13)7-4-8-14(17)18/h2-3,5-6H,4,7-9H2,1H3,(H,17,18). The molecule has 2 aromatic rings. The Kier molecular flexibility index (Phi) is 4.28. The SMILES string of the molecule is Cc1ccccc1Cc1nnc(CCCC(=O)O)o1. The van der Waals surface area contributed by atoms with Crippen LogP contribution in [-0.2, 0) is 17.6 Å². The summed E-state index contributed by atoms with van der Waals surface area (Å²) >= 11 is 0. The van der Waals surface area contributed by atoms with Crippen molar-refractivity contribution in [2.75, 3.05) is 0 Å². The van der Waals surface area contributed by atoms with Gasteiger partial charge in [0.05, 0.1) is 6.42 Å². The molecule has 0 saturated heterocycles. The van der Waals surface area contributed by atoms with Gasteiger partial charge in [0.1, 0.15) is 0 Å². The molecule has 0 bridgehead atoms. The van der Waals surface area contributed by atoms with Gasteiger partial charge in [0.2, 0.25) is 11.8 Å². The van der Waals surface area contributed by atoms with Gasteiger partial charge >= 0.3 is 5.97 Å². The summed E-state index contributed by atoms with van der Waals surface area (Å²) in [5, 5.41) is 16.5. The van der Waals surface area contributed by atoms with E-state index in [1.165, 1.54) is 5.56 Å². The van der Waals surface area contributed by atoms with Crippen molar-refractivity contribution in [3.05, 3.63) is 47.2 Å². The van der Waals surface area contributed by atoms with Gasteiger partial charge < -0.3 is 9.52 Å². The maximum Gasteiger partial charge on any atom is 0.303 e. The minimum Gasteiger partial charge on any atom is -0.481 e. The van der Waals surface area contributed by atoms with Crippen LogP contribution in [0.4, 0.5) is 0 Å². The summed E-state index contributed by atoms with van der Waals surface area (Å²) in [7, 11) is 0. The van der Waals surface area contributed by atoms with Crippen molar-refractivity contribution in [1.29, 1.82) is 0 Å². The fourth-order valence-electron chi connectivity index (χ4n) is 1.82. The van der Waals surface area contributed by atoms with Gasteiger partial charge in [0.15, 0.2) is 0 Å². The third-order valence-corrected chi connectivity index (χ3v) is 2.89. The van der Waals surface area contributed by atoms with Crippen LogP contribution in [0.25, 0.3) is 0 Å². The Morgan fingerprint density at radius 2 is 2.00 bits per heavy atom. The second-order valence-corrected chi connectivity index (χ2v) is 4.44. The molecule has 1 aromatic heterocycles. The molecule has 0 aliphatic rings. The predicted molar refractivity (Wildman–Crippen MR) is 68.9 cm³/mol. The smallest absolute Gasteiger partial charge is 0.303 e. The average Bonchev–Trinajstić information content (AvgIpc) is 2.79. The van der Waals surface area contributed by atoms with Gasteiger partial charge in [-0.2, -0.15) is 0 Å². The van der Waals surface area contributed by atoms with Crippen molar-refractivity contribution in [3.8, 4) is 0 Å². The van der Waals surface area contributed by atoms with E-state index in [2.05, 4.69) is 10.2 Å². The molecule has 0 spiro atoms. The molecule has 0 fully saturated rings. The molecule has 5 heteroatoms. The first kappa shape index (κ1) is 13.3. The van der Waals surface area contributed by atoms with E-state index in [9.17, 15) is 4.79 Å². The fraction of sp³-hybridized carbons (Fsp3) is 0.357. The topological polar surface area (TPSA) is 76.2 Å². The Morgan fingerprint density at radius 1 is 1.26 bits per heavy atom. The second-order valence-electron chi connectivity index (χ2n) is 4.44. The molecule has 0 aliphatic carbocycles. The van der Waals surface area contributed by atoms with Gasteiger partial charge in [0.25, 0.3) is 0 Å². The number of benzene rings is 1. The molecule has 2 rings (SSSR count). The number of aromatic nitrogens is 2. The maximum atomic E-state index is 10.4. The third kappa shape index (κ3) is 3.91. The van der Waals surface area contributed by atoms with Crippen LogP contribution in [0.3, 0.4) is 0 Å². The van der Waals surface area contributed by atoms with Gasteiger partial charge in [-0.1, -0.05) is 24.3 Å². The Labute approximate surface area is 111 Å². The number of aryl methyl sites for hydroxylation is 2. The summed E-state index contributed by atoms with van der Waals surface area (Å²) in [6, 6.07) is 8.04. The van der Waals surface area contributed by atoms with Crippen LogP contribution < -0.4 is 0 Å². The van der Waals surface area contributed by atoms with E-state index in [4.69, 9.17) is 9.52 Å². The summed E-state index contributed by atoms with van der Waals surface area (Å²) in [6.45, 7) is 2.04. The Morgan fingerprint density at radius 3 is 2.74 bits per heavy atom. The summed E-state index contributed by atoms with van der Waals surface area (Å²) in [5.41, 5.74) is 2.34. The number of carbonyl (C=O) groups is 1. The van der Waals surface area contributed by atoms with Gasteiger partial charge in [-0.15, -0.1) is 10.2 Å². The first-order valence-electron chi connectivity index (χ1n) is 6.22. The van der Waals surface area contributed by atoms with E-state index in [-0.39, 0.29) is 6.42 Å². The Hall–Kier alpha value is -2.17. The van der Waals surface area contributed by atoms with E-state index < -0.39 is 5.97 Å². The van der Waals surface area contributed by atoms with E-state index in [0.29, 0.717) is 31.0 Å². The Bertz CT molecular complexity index is 563. The summed E-state index contributed by atoms with van der Waals surface area (Å²) in [4.78, 5) is 10.4. The van der Waals surface area contributed by atoms with Crippen LogP contribution in [-0.4, -0.2) is 21.3 Å². The lowest BCUT2D eigenvalue weighted by Crippen LogP contribution is -1.95. The number of carboxylic acid groups (broad SMARTS) is 1. The molecule has 0 atom stereocenters. The minimum absolute atomic E-state index is 0.121. The lowest BCUT2D eigenvalue weighted by Gasteiger charge is -2.01. The number of hydrogen-bond acceptors (Lipinski definition) is 4. The van der Waals surface area contributed by atoms with E-state index in [1.807, 2.05) is 31.2 Å². The molecule has 100 valence electrons. The van der Waals surface area contributed by atoms with Crippen LogP contribution in [0.1, 0.15) is 35.7 Å². The van der Waals surface area contributed by atoms with E-state index >= 15 is 0 Å². The quantitative estimate of drug-likeness (QED) is 0.862. The number of aliphatic carboxylic acids is 1. The Balaban J connectivity index is 1.94. The molecule has 1 heterocycles. The predicted octanol–water partition coefficient (Wildman–Crippen LogP) is 2.38. The zero-order valence-corrected chi connectivity index (χ0v) is 10.8. The van der Waals surface area contributed by atoms with Crippen LogP contribution in [0.15, 0.2) is 28.7 Å². The number of hydrogen-bond donors (Lipinski definition) is 1. The lowest BCUT2D eigenvalue weighted by atomic mass is 10.1. The molecular weight excluding hydrogens is 244 g/mol. The van der Waals surface area contributed by atoms with Crippen LogP contribution >= 0.6 is 0 Å². The highest BCUT2D eigenvalue weighted by Crippen LogP contribution is 2.13. The van der Waals surface area contributed by atoms with Crippen LogP contribution in [0, 0.1) is 6.92 Å². The summed E-state index contributed by atoms with van der Waals surface area (Å²) in [6.07, 6.45) is 1.75. The molecule has 19 heavy (non-hydrogen) atoms. The second kappa shape index (κ2) is 6.13. The molecule has 0 radical (unpaired) electrons. The van der Waals surface area contributed by atoms with Crippen molar-refractivity contribution >= 4 is 5.97 Å². The van der Waals surface area contributed by atoms with Gasteiger partial charge in [-0.05, 0) is 24.5 Å². The van der Waals surface area contributed by atoms with Crippen molar-refractivity contribution in [2.24, 2.45) is 0 Å². The van der Waals surface area contributed by atoms with Gasteiger partial charge in [-0.25, -0.2) is 0 Å². The molecule has 0 amide bonds. The molecule has 1 aromatic carbocycles. The van der Waals surface area contributed by atoms with Crippen molar-refractivity contribution in [2.45, 2.75) is 32.6 Å². The third-order valence-electron chi connectivity index (χ3n) is 2.89. The van der Waals surface area contributed by atoms with E-state index in [1.54, 1.807) is 0 Å². The van der Waals surface area contributed by atoms with Crippen LogP contribution in [0.5, 0.6) is 0 Å². The molecule has 0 unspecified atom stereocenters. The lowest BCUT2D eigenvalue weighted by molar-refractivity contribution is -0.137. The highest BCUT2D eigenvalue weighted by molar-refractivity contribution is 5.66. The van der Waals surface area contributed by atoms with Gasteiger partial charge in [-0.3, -0.25) is 4.79 Å².